The van der Waals surface area contributed by atoms with Crippen molar-refractivity contribution in [1.29, 1.82) is 0 Å². The number of carbonyl (C=O) groups excluding carboxylic acids is 1. The van der Waals surface area contributed by atoms with E-state index >= 15 is 0 Å². The molecule has 1 aliphatic carbocycles. The molecule has 0 spiro atoms. The number of hydrogen-bond donors (Lipinski definition) is 1. The second-order valence-corrected chi connectivity index (χ2v) is 9.49. The van der Waals surface area contributed by atoms with Crippen LogP contribution >= 0.6 is 0 Å². The van der Waals surface area contributed by atoms with E-state index in [1.54, 1.807) is 6.92 Å². The Morgan fingerprint density at radius 2 is 1.87 bits per heavy atom. The van der Waals surface area contributed by atoms with Crippen molar-refractivity contribution >= 4 is 15.7 Å². The minimum absolute atomic E-state index is 0.0361. The summed E-state index contributed by atoms with van der Waals surface area (Å²) in [6, 6.07) is 2.07. The maximum Gasteiger partial charge on any atom is 0.258 e. The molecule has 1 heterocycles. The Labute approximate surface area is 179 Å². The van der Waals surface area contributed by atoms with Gasteiger partial charge in [0, 0.05) is 48.0 Å². The van der Waals surface area contributed by atoms with E-state index in [0.717, 1.165) is 49.5 Å². The van der Waals surface area contributed by atoms with E-state index in [4.69, 9.17) is 4.74 Å². The third-order valence-corrected chi connectivity index (χ3v) is 5.41. The second-order valence-electron chi connectivity index (χ2n) is 7.56. The van der Waals surface area contributed by atoms with Crippen molar-refractivity contribution in [1.82, 2.24) is 15.3 Å². The molecule has 0 aliphatic heterocycles. The topological polar surface area (TPSA) is 98.2 Å². The number of ether oxygens (including phenoxy) is 1. The number of hydrogen-bond acceptors (Lipinski definition) is 6. The van der Waals surface area contributed by atoms with Gasteiger partial charge in [0.2, 0.25) is 5.88 Å². The summed E-state index contributed by atoms with van der Waals surface area (Å²) < 4.78 is 55.3. The molecule has 10 heteroatoms. The molecule has 1 fully saturated rings. The van der Waals surface area contributed by atoms with Gasteiger partial charge in [0.1, 0.15) is 28.8 Å². The number of nitrogens with one attached hydrogen (secondary N) is 1. The van der Waals surface area contributed by atoms with Crippen LogP contribution in [0.4, 0.5) is 8.78 Å². The van der Waals surface area contributed by atoms with Crippen LogP contribution in [0, 0.1) is 11.6 Å². The van der Waals surface area contributed by atoms with Gasteiger partial charge in [-0.05, 0) is 19.8 Å². The van der Waals surface area contributed by atoms with Crippen LogP contribution in [0.25, 0.3) is 0 Å². The zero-order valence-electron chi connectivity index (χ0n) is 17.1. The predicted molar refractivity (Wildman–Crippen MR) is 111 cm³/mol. The van der Waals surface area contributed by atoms with Crippen LogP contribution in [0.5, 0.6) is 11.6 Å². The number of aromatic nitrogens is 2. The smallest absolute Gasteiger partial charge is 0.258 e. The SMILES string of the molecule is CC(C=CS(C)(=O)=O)NC(=O)c1cnc(C2CCCC2)nc1Oc1cc(F)cc(F)c1. The molecule has 1 aromatic carbocycles. The molecular weight excluding hydrogens is 428 g/mol. The lowest BCUT2D eigenvalue weighted by atomic mass is 10.1. The number of sulfone groups is 1. The van der Waals surface area contributed by atoms with Crippen molar-refractivity contribution in [3.05, 3.63) is 58.9 Å². The standard InChI is InChI=1S/C21H23F2N3O4S/c1-13(7-8-31(2,28)29)25-20(27)18-12-24-19(14-5-3-4-6-14)26-21(18)30-17-10-15(22)9-16(23)11-17/h7-14H,3-6H2,1-2H3,(H,25,27). The molecule has 1 aromatic heterocycles. The van der Waals surface area contributed by atoms with Crippen LogP contribution < -0.4 is 10.1 Å². The number of amides is 1. The van der Waals surface area contributed by atoms with Gasteiger partial charge in [0.05, 0.1) is 0 Å². The van der Waals surface area contributed by atoms with Crippen LogP contribution in [-0.4, -0.2) is 36.6 Å². The summed E-state index contributed by atoms with van der Waals surface area (Å²) in [5.41, 5.74) is -0.0361. The molecule has 1 saturated carbocycles. The fourth-order valence-electron chi connectivity index (χ4n) is 3.29. The fraction of sp³-hybridized carbons (Fsp3) is 0.381. The molecule has 1 N–H and O–H groups in total. The van der Waals surface area contributed by atoms with E-state index in [2.05, 4.69) is 15.3 Å². The molecule has 1 amide bonds. The Balaban J connectivity index is 1.90. The Kier molecular flexibility index (Phi) is 6.99. The Hall–Kier alpha value is -2.88. The summed E-state index contributed by atoms with van der Waals surface area (Å²) in [4.78, 5) is 21.4. The molecule has 0 saturated heterocycles. The van der Waals surface area contributed by atoms with Crippen molar-refractivity contribution in [2.45, 2.75) is 44.6 Å². The van der Waals surface area contributed by atoms with Crippen LogP contribution in [0.1, 0.15) is 54.7 Å². The van der Waals surface area contributed by atoms with E-state index in [1.165, 1.54) is 12.3 Å². The largest absolute Gasteiger partial charge is 0.438 e. The van der Waals surface area contributed by atoms with E-state index < -0.39 is 33.4 Å². The number of halogens is 2. The van der Waals surface area contributed by atoms with Crippen LogP contribution in [0.2, 0.25) is 0 Å². The van der Waals surface area contributed by atoms with Gasteiger partial charge in [-0.3, -0.25) is 4.79 Å². The molecule has 1 unspecified atom stereocenters. The molecule has 31 heavy (non-hydrogen) atoms. The minimum Gasteiger partial charge on any atom is -0.438 e. The van der Waals surface area contributed by atoms with Gasteiger partial charge in [-0.2, -0.15) is 4.98 Å². The summed E-state index contributed by atoms with van der Waals surface area (Å²) in [6.07, 6.45) is 7.59. The van der Waals surface area contributed by atoms with Gasteiger partial charge >= 0.3 is 0 Å². The van der Waals surface area contributed by atoms with Gasteiger partial charge in [-0.1, -0.05) is 18.9 Å². The third kappa shape index (κ3) is 6.55. The first-order valence-corrected chi connectivity index (χ1v) is 11.8. The van der Waals surface area contributed by atoms with E-state index in [0.29, 0.717) is 11.9 Å². The van der Waals surface area contributed by atoms with Gasteiger partial charge in [0.25, 0.3) is 5.91 Å². The Bertz CT molecular complexity index is 1080. The van der Waals surface area contributed by atoms with Gasteiger partial charge < -0.3 is 10.1 Å². The first-order chi connectivity index (χ1) is 14.6. The molecule has 3 rings (SSSR count). The first kappa shape index (κ1) is 22.8. The highest BCUT2D eigenvalue weighted by Crippen LogP contribution is 2.34. The summed E-state index contributed by atoms with van der Waals surface area (Å²) in [5.74, 6) is -1.91. The van der Waals surface area contributed by atoms with E-state index in [-0.39, 0.29) is 23.1 Å². The third-order valence-electron chi connectivity index (χ3n) is 4.76. The molecule has 0 bridgehead atoms. The van der Waals surface area contributed by atoms with Gasteiger partial charge in [-0.15, -0.1) is 0 Å². The fourth-order valence-corrected chi connectivity index (χ4v) is 3.81. The zero-order chi connectivity index (χ0) is 22.6. The summed E-state index contributed by atoms with van der Waals surface area (Å²) in [5, 5.41) is 3.60. The predicted octanol–water partition coefficient (Wildman–Crippen LogP) is 3.88. The van der Waals surface area contributed by atoms with Gasteiger partial charge in [0.15, 0.2) is 9.84 Å². The lowest BCUT2D eigenvalue weighted by Crippen LogP contribution is -2.31. The number of carbonyl (C=O) groups is 1. The molecule has 2 aromatic rings. The van der Waals surface area contributed by atoms with Gasteiger partial charge in [-0.25, -0.2) is 22.2 Å². The lowest BCUT2D eigenvalue weighted by molar-refractivity contribution is 0.0943. The Morgan fingerprint density at radius 1 is 1.23 bits per heavy atom. The molecule has 1 aliphatic rings. The van der Waals surface area contributed by atoms with Crippen molar-refractivity contribution < 1.29 is 26.7 Å². The highest BCUT2D eigenvalue weighted by molar-refractivity contribution is 7.93. The van der Waals surface area contributed by atoms with E-state index in [9.17, 15) is 22.0 Å². The minimum atomic E-state index is -3.34. The molecule has 166 valence electrons. The van der Waals surface area contributed by atoms with Crippen molar-refractivity contribution in [3.63, 3.8) is 0 Å². The van der Waals surface area contributed by atoms with Crippen molar-refractivity contribution in [3.8, 4) is 11.6 Å². The number of rotatable bonds is 7. The van der Waals surface area contributed by atoms with Crippen molar-refractivity contribution in [2.75, 3.05) is 6.26 Å². The summed E-state index contributed by atoms with van der Waals surface area (Å²) in [6.45, 7) is 1.59. The average molecular weight is 451 g/mol. The second kappa shape index (κ2) is 9.51. The van der Waals surface area contributed by atoms with Crippen LogP contribution in [-0.2, 0) is 9.84 Å². The molecular formula is C21H23F2N3O4S. The molecule has 0 radical (unpaired) electrons. The zero-order valence-corrected chi connectivity index (χ0v) is 18.0. The highest BCUT2D eigenvalue weighted by Gasteiger charge is 2.24. The maximum atomic E-state index is 13.6. The van der Waals surface area contributed by atoms with E-state index in [1.807, 2.05) is 0 Å². The average Bonchev–Trinajstić information content (AvgIpc) is 3.19. The maximum absolute atomic E-state index is 13.6. The summed E-state index contributed by atoms with van der Waals surface area (Å²) in [7, 11) is -3.34. The highest BCUT2D eigenvalue weighted by atomic mass is 32.2. The Morgan fingerprint density at radius 3 is 2.48 bits per heavy atom. The van der Waals surface area contributed by atoms with Crippen LogP contribution in [0.3, 0.4) is 0 Å². The van der Waals surface area contributed by atoms with Crippen LogP contribution in [0.15, 0.2) is 35.9 Å². The molecule has 1 atom stereocenters. The summed E-state index contributed by atoms with van der Waals surface area (Å²) >= 11 is 0. The van der Waals surface area contributed by atoms with Crippen molar-refractivity contribution in [2.24, 2.45) is 0 Å². The number of benzene rings is 1. The monoisotopic (exact) mass is 451 g/mol. The number of nitrogens with zero attached hydrogens (tertiary/aromatic N) is 2. The quantitative estimate of drug-likeness (QED) is 0.686. The first-order valence-electron chi connectivity index (χ1n) is 9.81. The normalized spacial score (nSPS) is 15.9. The molecule has 7 nitrogen and oxygen atoms in total. The lowest BCUT2D eigenvalue weighted by Gasteiger charge is -2.15.